The number of hydrogen-bond donors (Lipinski definition) is 1. The number of hydrogen-bond acceptors (Lipinski definition) is 2. The van der Waals surface area contributed by atoms with Crippen LogP contribution in [0.5, 0.6) is 0 Å². The average molecular weight is 280 g/mol. The second kappa shape index (κ2) is 5.62. The molecule has 3 rings (SSSR count). The summed E-state index contributed by atoms with van der Waals surface area (Å²) in [6.07, 6.45) is 7.22. The summed E-state index contributed by atoms with van der Waals surface area (Å²) >= 11 is 0. The summed E-state index contributed by atoms with van der Waals surface area (Å²) in [5.41, 5.74) is 0. The van der Waals surface area contributed by atoms with Crippen LogP contribution in [-0.4, -0.2) is 52.6 Å². The van der Waals surface area contributed by atoms with Crippen LogP contribution in [-0.2, 0) is 4.79 Å². The third kappa shape index (κ3) is 2.50. The molecular formula is C15H24N2O3. The second-order valence-electron chi connectivity index (χ2n) is 6.54. The number of carboxylic acids is 1. The van der Waals surface area contributed by atoms with E-state index in [1.165, 1.54) is 19.3 Å². The van der Waals surface area contributed by atoms with Gasteiger partial charge in [-0.3, -0.25) is 0 Å². The topological polar surface area (TPSA) is 60.9 Å². The number of aliphatic carboxylic acids is 1. The Bertz CT molecular complexity index is 387. The van der Waals surface area contributed by atoms with Gasteiger partial charge in [0.15, 0.2) is 0 Å². The lowest BCUT2D eigenvalue weighted by atomic mass is 10.0. The van der Waals surface area contributed by atoms with E-state index in [1.807, 2.05) is 4.90 Å². The lowest BCUT2D eigenvalue weighted by Gasteiger charge is -2.31. The van der Waals surface area contributed by atoms with Gasteiger partial charge in [0.05, 0.1) is 0 Å². The van der Waals surface area contributed by atoms with Gasteiger partial charge in [0.2, 0.25) is 0 Å². The van der Waals surface area contributed by atoms with Gasteiger partial charge in [-0.15, -0.1) is 0 Å². The Morgan fingerprint density at radius 3 is 2.25 bits per heavy atom. The molecule has 112 valence electrons. The van der Waals surface area contributed by atoms with Crippen molar-refractivity contribution < 1.29 is 14.7 Å². The number of urea groups is 1. The molecule has 0 aromatic carbocycles. The van der Waals surface area contributed by atoms with E-state index in [0.717, 1.165) is 32.4 Å². The number of rotatable bonds is 1. The number of carboxylic acid groups (broad SMARTS) is 1. The molecule has 1 saturated carbocycles. The Kier molecular flexibility index (Phi) is 3.85. The lowest BCUT2D eigenvalue weighted by Crippen LogP contribution is -2.50. The van der Waals surface area contributed by atoms with Crippen molar-refractivity contribution in [3.63, 3.8) is 0 Å². The van der Waals surface area contributed by atoms with Gasteiger partial charge in [-0.05, 0) is 37.5 Å². The number of carbonyl (C=O) groups is 2. The first kappa shape index (κ1) is 13.7. The van der Waals surface area contributed by atoms with Crippen LogP contribution in [0.15, 0.2) is 0 Å². The van der Waals surface area contributed by atoms with E-state index in [2.05, 4.69) is 0 Å². The monoisotopic (exact) mass is 280 g/mol. The number of amides is 2. The highest BCUT2D eigenvalue weighted by atomic mass is 16.4. The molecule has 0 spiro atoms. The molecule has 3 unspecified atom stereocenters. The van der Waals surface area contributed by atoms with Gasteiger partial charge >= 0.3 is 12.0 Å². The highest BCUT2D eigenvalue weighted by Crippen LogP contribution is 2.38. The highest BCUT2D eigenvalue weighted by molar-refractivity contribution is 5.83. The van der Waals surface area contributed by atoms with Crippen LogP contribution in [0.1, 0.15) is 44.9 Å². The first-order valence-corrected chi connectivity index (χ1v) is 7.95. The SMILES string of the molecule is O=C(O)C1CCCCCN1C(=O)N1CC2CCCC2C1. The van der Waals surface area contributed by atoms with Gasteiger partial charge in [0, 0.05) is 19.6 Å². The molecule has 5 nitrogen and oxygen atoms in total. The zero-order valence-corrected chi connectivity index (χ0v) is 12.0. The number of fused-ring (bicyclic) bond motifs is 1. The average Bonchev–Trinajstić information content (AvgIpc) is 2.90. The molecule has 2 aliphatic heterocycles. The van der Waals surface area contributed by atoms with Crippen molar-refractivity contribution in [2.75, 3.05) is 19.6 Å². The maximum absolute atomic E-state index is 12.7. The lowest BCUT2D eigenvalue weighted by molar-refractivity contribution is -0.142. The van der Waals surface area contributed by atoms with Gasteiger partial charge in [0.25, 0.3) is 0 Å². The van der Waals surface area contributed by atoms with Crippen molar-refractivity contribution >= 4 is 12.0 Å². The minimum atomic E-state index is -0.848. The summed E-state index contributed by atoms with van der Waals surface area (Å²) in [6, 6.07) is -0.654. The molecule has 2 heterocycles. The fraction of sp³-hybridized carbons (Fsp3) is 0.867. The predicted molar refractivity (Wildman–Crippen MR) is 74.4 cm³/mol. The predicted octanol–water partition coefficient (Wildman–Crippen LogP) is 2.17. The van der Waals surface area contributed by atoms with Crippen LogP contribution in [0.2, 0.25) is 0 Å². The molecule has 20 heavy (non-hydrogen) atoms. The molecule has 2 saturated heterocycles. The van der Waals surface area contributed by atoms with Crippen LogP contribution < -0.4 is 0 Å². The Hall–Kier alpha value is -1.26. The maximum atomic E-state index is 12.7. The Labute approximate surface area is 119 Å². The molecule has 0 bridgehead atoms. The fourth-order valence-corrected chi connectivity index (χ4v) is 4.17. The van der Waals surface area contributed by atoms with Crippen LogP contribution in [0.4, 0.5) is 4.79 Å². The molecule has 0 radical (unpaired) electrons. The molecule has 2 amide bonds. The standard InChI is InChI=1S/C15H24N2O3/c18-14(19)13-7-2-1-3-8-17(13)15(20)16-9-11-5-4-6-12(11)10-16/h11-13H,1-10H2,(H,18,19). The smallest absolute Gasteiger partial charge is 0.326 e. The number of nitrogens with zero attached hydrogens (tertiary/aromatic N) is 2. The summed E-state index contributed by atoms with van der Waals surface area (Å²) < 4.78 is 0. The summed E-state index contributed by atoms with van der Waals surface area (Å²) in [7, 11) is 0. The quantitative estimate of drug-likeness (QED) is 0.800. The first-order valence-electron chi connectivity index (χ1n) is 7.95. The molecule has 3 aliphatic rings. The van der Waals surface area contributed by atoms with Crippen LogP contribution in [0.3, 0.4) is 0 Å². The van der Waals surface area contributed by atoms with Crippen molar-refractivity contribution in [2.24, 2.45) is 11.8 Å². The van der Waals surface area contributed by atoms with Crippen molar-refractivity contribution in [1.29, 1.82) is 0 Å². The largest absolute Gasteiger partial charge is 0.480 e. The van der Waals surface area contributed by atoms with E-state index in [9.17, 15) is 14.7 Å². The molecule has 3 fully saturated rings. The molecule has 5 heteroatoms. The Balaban J connectivity index is 1.69. The van der Waals surface area contributed by atoms with E-state index in [0.29, 0.717) is 24.8 Å². The second-order valence-corrected chi connectivity index (χ2v) is 6.54. The molecular weight excluding hydrogens is 256 g/mol. The zero-order chi connectivity index (χ0) is 14.1. The molecule has 0 aromatic heterocycles. The van der Waals surface area contributed by atoms with Gasteiger partial charge < -0.3 is 14.9 Å². The van der Waals surface area contributed by atoms with Crippen LogP contribution >= 0.6 is 0 Å². The minimum Gasteiger partial charge on any atom is -0.480 e. The van der Waals surface area contributed by atoms with Crippen molar-refractivity contribution in [1.82, 2.24) is 9.80 Å². The minimum absolute atomic E-state index is 0.0336. The van der Waals surface area contributed by atoms with Gasteiger partial charge in [0.1, 0.15) is 6.04 Å². The highest BCUT2D eigenvalue weighted by Gasteiger charge is 2.41. The first-order chi connectivity index (χ1) is 9.66. The normalized spacial score (nSPS) is 33.9. The third-order valence-electron chi connectivity index (χ3n) is 5.28. The fourth-order valence-electron chi connectivity index (χ4n) is 4.17. The van der Waals surface area contributed by atoms with Gasteiger partial charge in [-0.1, -0.05) is 19.3 Å². The van der Waals surface area contributed by atoms with E-state index in [1.54, 1.807) is 4.90 Å². The van der Waals surface area contributed by atoms with E-state index in [-0.39, 0.29) is 6.03 Å². The maximum Gasteiger partial charge on any atom is 0.326 e. The van der Waals surface area contributed by atoms with E-state index in [4.69, 9.17) is 0 Å². The summed E-state index contributed by atoms with van der Waals surface area (Å²) in [5, 5.41) is 9.37. The van der Waals surface area contributed by atoms with Crippen molar-refractivity contribution in [2.45, 2.75) is 51.0 Å². The Morgan fingerprint density at radius 2 is 1.60 bits per heavy atom. The number of likely N-dealkylation sites (tertiary alicyclic amines) is 2. The molecule has 3 atom stereocenters. The Morgan fingerprint density at radius 1 is 0.900 bits per heavy atom. The summed E-state index contributed by atoms with van der Waals surface area (Å²) in [5.74, 6) is 0.475. The third-order valence-corrected chi connectivity index (χ3v) is 5.28. The van der Waals surface area contributed by atoms with Crippen molar-refractivity contribution in [3.05, 3.63) is 0 Å². The van der Waals surface area contributed by atoms with Crippen LogP contribution in [0, 0.1) is 11.8 Å². The van der Waals surface area contributed by atoms with E-state index < -0.39 is 12.0 Å². The van der Waals surface area contributed by atoms with Crippen molar-refractivity contribution in [3.8, 4) is 0 Å². The van der Waals surface area contributed by atoms with Gasteiger partial charge in [-0.2, -0.15) is 0 Å². The van der Waals surface area contributed by atoms with Gasteiger partial charge in [-0.25, -0.2) is 9.59 Å². The van der Waals surface area contributed by atoms with E-state index >= 15 is 0 Å². The van der Waals surface area contributed by atoms with Crippen LogP contribution in [0.25, 0.3) is 0 Å². The summed E-state index contributed by atoms with van der Waals surface area (Å²) in [6.45, 7) is 2.28. The molecule has 0 aromatic rings. The summed E-state index contributed by atoms with van der Waals surface area (Å²) in [4.78, 5) is 27.6. The number of carbonyl (C=O) groups excluding carboxylic acids is 1. The molecule has 1 aliphatic carbocycles. The molecule has 1 N–H and O–H groups in total. The zero-order valence-electron chi connectivity index (χ0n) is 12.0.